The fourth-order valence-electron chi connectivity index (χ4n) is 3.63. The van der Waals surface area contributed by atoms with Crippen LogP contribution in [-0.2, 0) is 9.30 Å². The molecule has 0 heterocycles. The Hall–Kier alpha value is 0.460. The van der Waals surface area contributed by atoms with Gasteiger partial charge in [0.2, 0.25) is 0 Å². The second-order valence-corrected chi connectivity index (χ2v) is 11.6. The molecule has 2 N–H and O–H groups in total. The fraction of sp³-hybridized carbons (Fsp3) is 1.00. The summed E-state index contributed by atoms with van der Waals surface area (Å²) < 4.78 is 17.3. The van der Waals surface area contributed by atoms with E-state index >= 15 is 0 Å². The topological polar surface area (TPSA) is 66.8 Å². The molecule has 0 amide bonds. The van der Waals surface area contributed by atoms with Gasteiger partial charge in [-0.1, -0.05) is 110 Å². The van der Waals surface area contributed by atoms with E-state index in [0.717, 1.165) is 18.6 Å². The van der Waals surface area contributed by atoms with E-state index in [-0.39, 0.29) is 12.3 Å². The van der Waals surface area contributed by atoms with Crippen LogP contribution in [0.2, 0.25) is 0 Å². The van der Waals surface area contributed by atoms with Crippen LogP contribution in [-0.4, -0.2) is 40.2 Å². The molecule has 0 aliphatic carbocycles. The number of hydrogen-bond donors (Lipinski definition) is 2. The molecular formula is C24H51O4PS. The van der Waals surface area contributed by atoms with Gasteiger partial charge in [0.15, 0.2) is 0 Å². The lowest BCUT2D eigenvalue weighted by Gasteiger charge is -2.18. The molecule has 182 valence electrons. The van der Waals surface area contributed by atoms with Gasteiger partial charge in [-0.05, 0) is 18.6 Å². The molecule has 30 heavy (non-hydrogen) atoms. The summed E-state index contributed by atoms with van der Waals surface area (Å²) in [6, 6.07) is 0. The first-order valence-corrected chi connectivity index (χ1v) is 15.7. The van der Waals surface area contributed by atoms with Gasteiger partial charge in [-0.2, -0.15) is 11.8 Å². The first-order valence-electron chi connectivity index (χ1n) is 12.7. The second kappa shape index (κ2) is 22.6. The van der Waals surface area contributed by atoms with Gasteiger partial charge in [-0.3, -0.25) is 4.57 Å². The van der Waals surface area contributed by atoms with Gasteiger partial charge >= 0.3 is 7.60 Å². The summed E-state index contributed by atoms with van der Waals surface area (Å²) in [5, 5.41) is 0. The Morgan fingerprint density at radius 1 is 0.700 bits per heavy atom. The van der Waals surface area contributed by atoms with Gasteiger partial charge in [-0.15, -0.1) is 0 Å². The minimum atomic E-state index is -4.02. The third-order valence-electron chi connectivity index (χ3n) is 5.49. The van der Waals surface area contributed by atoms with E-state index in [1.807, 2.05) is 0 Å². The predicted octanol–water partition coefficient (Wildman–Crippen LogP) is 7.95. The molecule has 0 bridgehead atoms. The number of ether oxygens (including phenoxy) is 1. The molecule has 0 saturated heterocycles. The highest BCUT2D eigenvalue weighted by molar-refractivity contribution is 7.99. The van der Waals surface area contributed by atoms with Crippen molar-refractivity contribution in [3.63, 3.8) is 0 Å². The van der Waals surface area contributed by atoms with Gasteiger partial charge in [0.05, 0.1) is 12.3 Å². The lowest BCUT2D eigenvalue weighted by molar-refractivity contribution is 0.0774. The largest absolute Gasteiger partial charge is 0.377 e. The van der Waals surface area contributed by atoms with E-state index in [1.165, 1.54) is 96.3 Å². The van der Waals surface area contributed by atoms with Crippen LogP contribution >= 0.6 is 19.4 Å². The Morgan fingerprint density at radius 3 is 1.60 bits per heavy atom. The molecule has 0 aliphatic heterocycles. The van der Waals surface area contributed by atoms with Gasteiger partial charge in [-0.25, -0.2) is 0 Å². The molecule has 4 nitrogen and oxygen atoms in total. The Labute approximate surface area is 191 Å². The molecule has 0 aromatic carbocycles. The molecule has 0 rings (SSSR count). The lowest BCUT2D eigenvalue weighted by atomic mass is 10.1. The van der Waals surface area contributed by atoms with Gasteiger partial charge in [0.25, 0.3) is 0 Å². The molecule has 6 heteroatoms. The quantitative estimate of drug-likeness (QED) is 0.112. The monoisotopic (exact) mass is 466 g/mol. The van der Waals surface area contributed by atoms with Crippen LogP contribution in [0, 0.1) is 0 Å². The third-order valence-corrected chi connectivity index (χ3v) is 7.56. The molecule has 0 aromatic rings. The average Bonchev–Trinajstić information content (AvgIpc) is 2.69. The first-order chi connectivity index (χ1) is 14.5. The zero-order valence-corrected chi connectivity index (χ0v) is 21.7. The van der Waals surface area contributed by atoms with Gasteiger partial charge < -0.3 is 14.5 Å². The molecule has 0 radical (unpaired) electrons. The van der Waals surface area contributed by atoms with E-state index in [2.05, 4.69) is 13.8 Å². The van der Waals surface area contributed by atoms with Crippen molar-refractivity contribution in [3.05, 3.63) is 0 Å². The summed E-state index contributed by atoms with van der Waals surface area (Å²) in [5.41, 5.74) is 0. The van der Waals surface area contributed by atoms with Crippen molar-refractivity contribution in [1.29, 1.82) is 0 Å². The van der Waals surface area contributed by atoms with E-state index < -0.39 is 7.60 Å². The van der Waals surface area contributed by atoms with Crippen molar-refractivity contribution in [2.24, 2.45) is 0 Å². The molecule has 1 unspecified atom stereocenters. The van der Waals surface area contributed by atoms with Gasteiger partial charge in [0, 0.05) is 12.4 Å². The van der Waals surface area contributed by atoms with Crippen molar-refractivity contribution in [2.75, 3.05) is 24.3 Å². The van der Waals surface area contributed by atoms with Crippen LogP contribution in [0.1, 0.15) is 123 Å². The Kier molecular flexibility index (Phi) is 23.0. The van der Waals surface area contributed by atoms with E-state index in [0.29, 0.717) is 12.4 Å². The maximum atomic E-state index is 11.4. The standard InChI is InChI=1S/C24H51O4PS/c1-3-5-7-9-11-13-15-17-19-21-30-23-24(22-29(25,26)27)28-20-18-16-14-12-10-8-6-4-2/h24H,3-23H2,1-2H3,(H2,25,26,27). The lowest BCUT2D eigenvalue weighted by Crippen LogP contribution is -2.22. The third kappa shape index (κ3) is 24.7. The minimum Gasteiger partial charge on any atom is -0.377 e. The van der Waals surface area contributed by atoms with Crippen molar-refractivity contribution >= 4 is 19.4 Å². The van der Waals surface area contributed by atoms with E-state index in [4.69, 9.17) is 4.74 Å². The molecule has 0 saturated carbocycles. The smallest absolute Gasteiger partial charge is 0.328 e. The summed E-state index contributed by atoms with van der Waals surface area (Å²) in [6.07, 6.45) is 21.4. The maximum absolute atomic E-state index is 11.4. The van der Waals surface area contributed by atoms with Crippen LogP contribution in [0.5, 0.6) is 0 Å². The summed E-state index contributed by atoms with van der Waals surface area (Å²) in [6.45, 7) is 5.11. The van der Waals surface area contributed by atoms with Crippen LogP contribution in [0.4, 0.5) is 0 Å². The number of hydrogen-bond acceptors (Lipinski definition) is 3. The molecule has 0 aromatic heterocycles. The zero-order chi connectivity index (χ0) is 22.3. The molecule has 0 fully saturated rings. The first kappa shape index (κ1) is 30.5. The molecule has 1 atom stereocenters. The number of unbranched alkanes of at least 4 members (excludes halogenated alkanes) is 15. The summed E-state index contributed by atoms with van der Waals surface area (Å²) in [4.78, 5) is 18.7. The number of rotatable bonds is 24. The Morgan fingerprint density at radius 2 is 1.13 bits per heavy atom. The van der Waals surface area contributed by atoms with Crippen molar-refractivity contribution in [2.45, 2.75) is 129 Å². The number of thioether (sulfide) groups is 1. The van der Waals surface area contributed by atoms with Gasteiger partial charge in [0.1, 0.15) is 0 Å². The predicted molar refractivity (Wildman–Crippen MR) is 134 cm³/mol. The summed E-state index contributed by atoms with van der Waals surface area (Å²) >= 11 is 1.79. The van der Waals surface area contributed by atoms with Crippen LogP contribution in [0.3, 0.4) is 0 Å². The zero-order valence-electron chi connectivity index (χ0n) is 20.0. The van der Waals surface area contributed by atoms with Crippen molar-refractivity contribution in [3.8, 4) is 0 Å². The summed E-state index contributed by atoms with van der Waals surface area (Å²) in [7, 11) is -4.02. The molecule has 0 aliphatic rings. The molecule has 0 spiro atoms. The van der Waals surface area contributed by atoms with Crippen molar-refractivity contribution in [1.82, 2.24) is 0 Å². The van der Waals surface area contributed by atoms with Crippen LogP contribution in [0.25, 0.3) is 0 Å². The molecular weight excluding hydrogens is 415 g/mol. The van der Waals surface area contributed by atoms with E-state index in [9.17, 15) is 14.4 Å². The maximum Gasteiger partial charge on any atom is 0.328 e. The highest BCUT2D eigenvalue weighted by Crippen LogP contribution is 2.36. The highest BCUT2D eigenvalue weighted by Gasteiger charge is 2.22. The van der Waals surface area contributed by atoms with Crippen molar-refractivity contribution < 1.29 is 19.1 Å². The average molecular weight is 467 g/mol. The highest BCUT2D eigenvalue weighted by atomic mass is 32.2. The summed E-state index contributed by atoms with van der Waals surface area (Å²) in [5.74, 6) is 1.76. The SMILES string of the molecule is CCCCCCCCCCCSCC(CP(=O)(O)O)OCCCCCCCCCC. The van der Waals surface area contributed by atoms with Crippen LogP contribution in [0.15, 0.2) is 0 Å². The fourth-order valence-corrected chi connectivity index (χ4v) is 5.63. The van der Waals surface area contributed by atoms with E-state index in [1.54, 1.807) is 11.8 Å². The second-order valence-electron chi connectivity index (χ2n) is 8.72. The Bertz CT molecular complexity index is 389. The van der Waals surface area contributed by atoms with Crippen LogP contribution < -0.4 is 0 Å². The minimum absolute atomic E-state index is 0.144. The Balaban J connectivity index is 3.70. The normalized spacial score (nSPS) is 13.1.